The molecule has 2 N–H and O–H groups in total. The third-order valence-electron chi connectivity index (χ3n) is 4.91. The van der Waals surface area contributed by atoms with Crippen LogP contribution in [-0.2, 0) is 17.8 Å². The molecule has 1 atom stereocenters. The van der Waals surface area contributed by atoms with E-state index in [1.54, 1.807) is 0 Å². The van der Waals surface area contributed by atoms with Crippen LogP contribution in [0.1, 0.15) is 11.1 Å². The second-order valence-corrected chi connectivity index (χ2v) is 8.69. The summed E-state index contributed by atoms with van der Waals surface area (Å²) in [5.41, 5.74) is 35.9. The van der Waals surface area contributed by atoms with Gasteiger partial charge in [-0.15, -0.1) is 0 Å². The lowest BCUT2D eigenvalue weighted by atomic mass is 10.1. The Morgan fingerprint density at radius 2 is 1.36 bits per heavy atom. The van der Waals surface area contributed by atoms with Gasteiger partial charge in [0, 0.05) is 23.6 Å². The Kier molecular flexibility index (Phi) is 13.0. The number of aromatic nitrogens is 1. The smallest absolute Gasteiger partial charge is 0.261 e. The molecule has 1 amide bonds. The van der Waals surface area contributed by atoms with Crippen LogP contribution in [-0.4, -0.2) is 20.9 Å². The topological polar surface area (TPSA) is 60.4 Å². The van der Waals surface area contributed by atoms with Gasteiger partial charge in [-0.25, -0.2) is 0 Å². The predicted octanol–water partition coefficient (Wildman–Crippen LogP) is 6.50. The zero-order valence-electron chi connectivity index (χ0n) is 21.4. The number of benzene rings is 2. The van der Waals surface area contributed by atoms with Gasteiger partial charge in [0.05, 0.1) is 5.25 Å². The standard InChI is InChI=1S/C19H17N3OS.C11H4.C4H4/c20-19-21-18(23)17(24-19)10-14-12-22(11-13-6-2-1-3-7-13)16-9-5-4-8-15(14)16;1-3-5-7-9-11-10-8-6-4-2;1-3-4-2/h1-9,12,17H,10-11H2,(H2,20,21,23);1-2H2;1-2H2. The molecule has 2 heterocycles. The Labute approximate surface area is 232 Å². The van der Waals surface area contributed by atoms with Gasteiger partial charge in [0.2, 0.25) is 0 Å². The second-order valence-electron chi connectivity index (χ2n) is 7.47. The monoisotopic (exact) mass is 523 g/mol. The number of fused-ring (bicyclic) bond motifs is 1. The maximum Gasteiger partial charge on any atom is 0.261 e. The minimum absolute atomic E-state index is 0.127. The van der Waals surface area contributed by atoms with E-state index in [0.29, 0.717) is 11.6 Å². The predicted molar refractivity (Wildman–Crippen MR) is 160 cm³/mol. The first kappa shape index (κ1) is 29.8. The van der Waals surface area contributed by atoms with Gasteiger partial charge >= 0.3 is 0 Å². The van der Waals surface area contributed by atoms with Gasteiger partial charge in [-0.1, -0.05) is 83.2 Å². The quantitative estimate of drug-likeness (QED) is 0.397. The molecule has 4 rings (SSSR count). The molecule has 0 saturated carbocycles. The fourth-order valence-electron chi connectivity index (χ4n) is 3.37. The number of hydrogen-bond donors (Lipinski definition) is 1. The summed E-state index contributed by atoms with van der Waals surface area (Å²) >= 11 is 1.36. The highest BCUT2D eigenvalue weighted by atomic mass is 32.2. The Morgan fingerprint density at radius 3 is 1.90 bits per heavy atom. The lowest BCUT2D eigenvalue weighted by Crippen LogP contribution is -2.14. The number of amides is 1. The van der Waals surface area contributed by atoms with E-state index in [9.17, 15) is 4.79 Å². The molecule has 4 nitrogen and oxygen atoms in total. The molecule has 0 aliphatic carbocycles. The molecule has 1 unspecified atom stereocenters. The van der Waals surface area contributed by atoms with Crippen molar-refractivity contribution in [3.05, 3.63) is 161 Å². The van der Waals surface area contributed by atoms with E-state index < -0.39 is 0 Å². The number of thioether (sulfide) groups is 1. The second kappa shape index (κ2) is 17.1. The van der Waals surface area contributed by atoms with Crippen LogP contribution in [0.5, 0.6) is 0 Å². The summed E-state index contributed by atoms with van der Waals surface area (Å²) in [7, 11) is 0. The van der Waals surface area contributed by atoms with Crippen LogP contribution in [0.15, 0.2) is 155 Å². The van der Waals surface area contributed by atoms with Crippen molar-refractivity contribution in [2.45, 2.75) is 18.2 Å². The Bertz CT molecular complexity index is 1720. The van der Waals surface area contributed by atoms with Crippen molar-refractivity contribution in [1.29, 1.82) is 0 Å². The van der Waals surface area contributed by atoms with Gasteiger partial charge in [-0.05, 0) is 90.0 Å². The molecular weight excluding hydrogens is 498 g/mol. The molecule has 0 bridgehead atoms. The normalized spacial score (nSPS) is 12.1. The number of nitrogens with two attached hydrogens (primary N) is 1. The van der Waals surface area contributed by atoms with Crippen LogP contribution in [0, 0.1) is 0 Å². The first-order valence-electron chi connectivity index (χ1n) is 11.5. The van der Waals surface area contributed by atoms with E-state index in [1.807, 2.05) is 18.2 Å². The summed E-state index contributed by atoms with van der Waals surface area (Å²) in [6, 6.07) is 18.7. The highest BCUT2D eigenvalue weighted by molar-refractivity contribution is 8.15. The van der Waals surface area contributed by atoms with Gasteiger partial charge in [0.1, 0.15) is 0 Å². The Hall–Kier alpha value is -5.47. The minimum Gasteiger partial charge on any atom is -0.378 e. The summed E-state index contributed by atoms with van der Waals surface area (Å²) in [6.45, 7) is 13.7. The summed E-state index contributed by atoms with van der Waals surface area (Å²) < 4.78 is 2.24. The highest BCUT2D eigenvalue weighted by Gasteiger charge is 2.28. The van der Waals surface area contributed by atoms with Crippen molar-refractivity contribution in [2.75, 3.05) is 0 Å². The lowest BCUT2D eigenvalue weighted by molar-refractivity contribution is -0.117. The first-order chi connectivity index (χ1) is 19.0. The maximum absolute atomic E-state index is 11.9. The molecule has 188 valence electrons. The molecule has 0 fully saturated rings. The zero-order valence-corrected chi connectivity index (χ0v) is 22.2. The number of amidine groups is 1. The van der Waals surface area contributed by atoms with E-state index in [1.165, 1.54) is 28.2 Å². The lowest BCUT2D eigenvalue weighted by Gasteiger charge is -2.05. The van der Waals surface area contributed by atoms with Crippen LogP contribution in [0.4, 0.5) is 0 Å². The zero-order chi connectivity index (χ0) is 28.3. The van der Waals surface area contributed by atoms with Crippen molar-refractivity contribution in [3.63, 3.8) is 0 Å². The van der Waals surface area contributed by atoms with Crippen molar-refractivity contribution >= 4 is 33.7 Å². The first-order valence-corrected chi connectivity index (χ1v) is 12.4. The van der Waals surface area contributed by atoms with E-state index in [-0.39, 0.29) is 11.2 Å². The fourth-order valence-corrected chi connectivity index (χ4v) is 4.22. The van der Waals surface area contributed by atoms with Crippen LogP contribution in [0.3, 0.4) is 0 Å². The third-order valence-corrected chi connectivity index (χ3v) is 5.89. The Morgan fingerprint density at radius 1 is 0.795 bits per heavy atom. The average molecular weight is 524 g/mol. The number of rotatable bonds is 4. The largest absolute Gasteiger partial charge is 0.378 e. The molecule has 0 radical (unpaired) electrons. The molecule has 5 heteroatoms. The van der Waals surface area contributed by atoms with Gasteiger partial charge < -0.3 is 10.3 Å². The van der Waals surface area contributed by atoms with Crippen molar-refractivity contribution in [1.82, 2.24) is 4.57 Å². The van der Waals surface area contributed by atoms with Crippen LogP contribution in [0.2, 0.25) is 0 Å². The number of carbonyl (C=O) groups excluding carboxylic acids is 1. The molecular formula is C34H25N3OS. The Balaban J connectivity index is 0.000000299. The van der Waals surface area contributed by atoms with Gasteiger partial charge in [-0.3, -0.25) is 4.79 Å². The van der Waals surface area contributed by atoms with Crippen molar-refractivity contribution in [2.24, 2.45) is 10.7 Å². The van der Waals surface area contributed by atoms with Crippen LogP contribution >= 0.6 is 11.8 Å². The summed E-state index contributed by atoms with van der Waals surface area (Å²) in [6.07, 6.45) is 2.80. The van der Waals surface area contributed by atoms with Gasteiger partial charge in [0.15, 0.2) is 5.17 Å². The SMILES string of the molecule is C=C=C=C.C=C=C=C=C=C=C=C=C=C=C.NC1=NC(=O)C(Cc2cn(Cc3ccccc3)c3ccccc23)S1. The molecule has 0 saturated heterocycles. The number of carbonyl (C=O) groups is 1. The van der Waals surface area contributed by atoms with E-state index in [4.69, 9.17) is 5.73 Å². The number of para-hydroxylation sites is 1. The summed E-state index contributed by atoms with van der Waals surface area (Å²) in [5, 5.41) is 1.35. The highest BCUT2D eigenvalue weighted by Crippen LogP contribution is 2.29. The fraction of sp³-hybridized carbons (Fsp3) is 0.0882. The van der Waals surface area contributed by atoms with Crippen LogP contribution < -0.4 is 5.73 Å². The molecule has 3 aromatic rings. The summed E-state index contributed by atoms with van der Waals surface area (Å²) in [4.78, 5) is 15.8. The van der Waals surface area contributed by atoms with E-state index in [0.717, 1.165) is 12.1 Å². The molecule has 1 aliphatic rings. The van der Waals surface area contributed by atoms with Crippen molar-refractivity contribution < 1.29 is 4.79 Å². The van der Waals surface area contributed by atoms with Gasteiger partial charge in [-0.2, -0.15) is 4.99 Å². The number of nitrogens with zero attached hydrogens (tertiary/aromatic N) is 2. The van der Waals surface area contributed by atoms with Gasteiger partial charge in [0.25, 0.3) is 5.91 Å². The average Bonchev–Trinajstić information content (AvgIpc) is 3.47. The van der Waals surface area contributed by atoms with E-state index in [2.05, 4.69) is 142 Å². The molecule has 2 aromatic carbocycles. The number of hydrogen-bond acceptors (Lipinski definition) is 3. The van der Waals surface area contributed by atoms with Crippen LogP contribution in [0.25, 0.3) is 10.9 Å². The molecule has 1 aromatic heterocycles. The van der Waals surface area contributed by atoms with E-state index >= 15 is 0 Å². The number of aliphatic imine (C=N–C) groups is 1. The molecule has 39 heavy (non-hydrogen) atoms. The van der Waals surface area contributed by atoms with Crippen molar-refractivity contribution in [3.8, 4) is 0 Å². The molecule has 1 aliphatic heterocycles. The maximum atomic E-state index is 11.9. The summed E-state index contributed by atoms with van der Waals surface area (Å²) in [5.74, 6) is -0.127. The third kappa shape index (κ3) is 10.2. The molecule has 0 spiro atoms. The minimum atomic E-state index is -0.207.